The fourth-order valence-electron chi connectivity index (χ4n) is 2.22. The Labute approximate surface area is 129 Å². The van der Waals surface area contributed by atoms with Gasteiger partial charge in [0.25, 0.3) is 0 Å². The third-order valence-electron chi connectivity index (χ3n) is 3.80. The molecule has 3 heteroatoms. The van der Waals surface area contributed by atoms with Gasteiger partial charge < -0.3 is 10.6 Å². The Kier molecular flexibility index (Phi) is 7.78. The topological polar surface area (TPSA) is 24.1 Å². The molecule has 0 fully saturated rings. The fraction of sp³-hybridized carbons (Fsp3) is 0.529. The molecule has 0 amide bonds. The molecule has 0 bridgehead atoms. The van der Waals surface area contributed by atoms with Crippen molar-refractivity contribution in [2.24, 2.45) is 0 Å². The zero-order valence-corrected chi connectivity index (χ0v) is 14.1. The first-order valence-corrected chi connectivity index (χ1v) is 7.87. The van der Waals surface area contributed by atoms with Crippen LogP contribution in [0.3, 0.4) is 0 Å². The van der Waals surface area contributed by atoms with Crippen LogP contribution in [0.2, 0.25) is 0 Å². The normalized spacial score (nSPS) is 13.8. The highest BCUT2D eigenvalue weighted by Gasteiger charge is 2.06. The molecule has 0 spiro atoms. The van der Waals surface area contributed by atoms with Crippen molar-refractivity contribution in [3.63, 3.8) is 0 Å². The summed E-state index contributed by atoms with van der Waals surface area (Å²) in [4.78, 5) is 1.01. The minimum absolute atomic E-state index is 0.624. The van der Waals surface area contributed by atoms with Crippen molar-refractivity contribution in [1.29, 1.82) is 0 Å². The van der Waals surface area contributed by atoms with Crippen LogP contribution in [0.15, 0.2) is 30.0 Å². The molecule has 2 nitrogen and oxygen atoms in total. The number of hydrogen-bond acceptors (Lipinski definition) is 3. The van der Waals surface area contributed by atoms with E-state index in [2.05, 4.69) is 54.5 Å². The average molecular weight is 292 g/mol. The molecule has 1 atom stereocenters. The quantitative estimate of drug-likeness (QED) is 0.498. The van der Waals surface area contributed by atoms with Crippen molar-refractivity contribution in [1.82, 2.24) is 10.6 Å². The van der Waals surface area contributed by atoms with Crippen molar-refractivity contribution in [2.75, 3.05) is 20.6 Å². The van der Waals surface area contributed by atoms with E-state index in [1.54, 1.807) is 0 Å². The van der Waals surface area contributed by atoms with Gasteiger partial charge in [-0.15, -0.1) is 12.6 Å². The summed E-state index contributed by atoms with van der Waals surface area (Å²) in [5.41, 5.74) is 3.69. The highest BCUT2D eigenvalue weighted by Crippen LogP contribution is 2.26. The summed E-state index contributed by atoms with van der Waals surface area (Å²) < 4.78 is 0. The molecule has 2 N–H and O–H groups in total. The van der Waals surface area contributed by atoms with Crippen LogP contribution in [0.4, 0.5) is 0 Å². The van der Waals surface area contributed by atoms with Gasteiger partial charge in [0.05, 0.1) is 0 Å². The van der Waals surface area contributed by atoms with Gasteiger partial charge >= 0.3 is 0 Å². The number of nitrogens with one attached hydrogen (secondary N) is 2. The zero-order chi connectivity index (χ0) is 15.0. The molecule has 1 aromatic rings. The lowest BCUT2D eigenvalue weighted by Gasteiger charge is -2.13. The second kappa shape index (κ2) is 9.09. The van der Waals surface area contributed by atoms with Crippen molar-refractivity contribution >= 4 is 17.5 Å². The standard InChI is InChI=1S/C17H28N2S/c1-13(7-5-6-12-18-3)15-8-10-16(11-9-15)17(20)14(2)19-4/h8-11,13,18-20H,5-7,12H2,1-4H3/b17-14-. The minimum atomic E-state index is 0.624. The van der Waals surface area contributed by atoms with Crippen LogP contribution in [0.1, 0.15) is 50.2 Å². The van der Waals surface area contributed by atoms with Crippen LogP contribution < -0.4 is 10.6 Å². The number of thiol groups is 1. The van der Waals surface area contributed by atoms with Crippen molar-refractivity contribution in [2.45, 2.75) is 39.0 Å². The summed E-state index contributed by atoms with van der Waals surface area (Å²) in [6.45, 7) is 5.47. The number of allylic oxidation sites excluding steroid dienone is 1. The molecule has 0 saturated heterocycles. The second-order valence-electron chi connectivity index (χ2n) is 5.35. The third-order valence-corrected chi connectivity index (χ3v) is 4.39. The maximum atomic E-state index is 4.57. The van der Waals surface area contributed by atoms with Crippen LogP contribution in [-0.2, 0) is 0 Å². The van der Waals surface area contributed by atoms with Gasteiger partial charge in [-0.25, -0.2) is 0 Å². The van der Waals surface area contributed by atoms with Gasteiger partial charge in [0.15, 0.2) is 0 Å². The molecule has 0 aromatic heterocycles. The van der Waals surface area contributed by atoms with E-state index in [1.807, 2.05) is 21.0 Å². The van der Waals surface area contributed by atoms with E-state index in [-0.39, 0.29) is 0 Å². The van der Waals surface area contributed by atoms with Crippen LogP contribution in [0.25, 0.3) is 4.91 Å². The molecular formula is C17H28N2S. The maximum absolute atomic E-state index is 4.57. The molecule has 0 aliphatic carbocycles. The smallest absolute Gasteiger partial charge is 0.0300 e. The van der Waals surface area contributed by atoms with Crippen LogP contribution >= 0.6 is 12.6 Å². The molecule has 0 radical (unpaired) electrons. The SMILES string of the molecule is CNCCCCC(C)c1ccc(/C(S)=C(\C)NC)cc1. The van der Waals surface area contributed by atoms with E-state index in [0.717, 1.165) is 17.1 Å². The minimum Gasteiger partial charge on any atom is -0.391 e. The third kappa shape index (κ3) is 5.22. The zero-order valence-electron chi connectivity index (χ0n) is 13.2. The Morgan fingerprint density at radius 1 is 1.15 bits per heavy atom. The van der Waals surface area contributed by atoms with Gasteiger partial charge in [-0.3, -0.25) is 0 Å². The molecule has 0 aliphatic heterocycles. The summed E-state index contributed by atoms with van der Waals surface area (Å²) in [5.74, 6) is 0.624. The van der Waals surface area contributed by atoms with Crippen LogP contribution in [-0.4, -0.2) is 20.6 Å². The lowest BCUT2D eigenvalue weighted by atomic mass is 9.94. The first-order chi connectivity index (χ1) is 9.60. The number of benzene rings is 1. The predicted molar refractivity (Wildman–Crippen MR) is 93.3 cm³/mol. The van der Waals surface area contributed by atoms with Crippen molar-refractivity contribution in [3.8, 4) is 0 Å². The lowest BCUT2D eigenvalue weighted by molar-refractivity contribution is 0.588. The van der Waals surface area contributed by atoms with Gasteiger partial charge in [-0.1, -0.05) is 37.6 Å². The number of unbranched alkanes of at least 4 members (excludes halogenated alkanes) is 1. The Balaban J connectivity index is 2.62. The van der Waals surface area contributed by atoms with Gasteiger partial charge in [0.1, 0.15) is 0 Å². The molecule has 20 heavy (non-hydrogen) atoms. The molecule has 0 saturated carbocycles. The molecule has 112 valence electrons. The van der Waals surface area contributed by atoms with Gasteiger partial charge in [0.2, 0.25) is 0 Å². The molecule has 1 aromatic carbocycles. The molecule has 0 heterocycles. The molecule has 1 unspecified atom stereocenters. The monoisotopic (exact) mass is 292 g/mol. The summed E-state index contributed by atoms with van der Waals surface area (Å²) in [7, 11) is 3.94. The van der Waals surface area contributed by atoms with Crippen molar-refractivity contribution in [3.05, 3.63) is 41.1 Å². The Bertz CT molecular complexity index is 423. The summed E-state index contributed by atoms with van der Waals surface area (Å²) in [6.07, 6.45) is 3.78. The van der Waals surface area contributed by atoms with Crippen LogP contribution in [0.5, 0.6) is 0 Å². The highest BCUT2D eigenvalue weighted by molar-refractivity contribution is 7.90. The van der Waals surface area contributed by atoms with E-state index in [1.165, 1.54) is 30.4 Å². The first-order valence-electron chi connectivity index (χ1n) is 7.42. The van der Waals surface area contributed by atoms with Gasteiger partial charge in [-0.05, 0) is 50.4 Å². The maximum Gasteiger partial charge on any atom is 0.0300 e. The van der Waals surface area contributed by atoms with E-state index in [9.17, 15) is 0 Å². The first kappa shape index (κ1) is 17.1. The van der Waals surface area contributed by atoms with Crippen molar-refractivity contribution < 1.29 is 0 Å². The van der Waals surface area contributed by atoms with Gasteiger partial charge in [-0.2, -0.15) is 0 Å². The summed E-state index contributed by atoms with van der Waals surface area (Å²) in [5, 5.41) is 6.34. The molecule has 1 rings (SSSR count). The lowest BCUT2D eigenvalue weighted by Crippen LogP contribution is -2.07. The van der Waals surface area contributed by atoms with E-state index in [0.29, 0.717) is 5.92 Å². The van der Waals surface area contributed by atoms with E-state index >= 15 is 0 Å². The van der Waals surface area contributed by atoms with E-state index < -0.39 is 0 Å². The molecule has 0 aliphatic rings. The Hall–Kier alpha value is -0.930. The second-order valence-corrected chi connectivity index (χ2v) is 5.79. The van der Waals surface area contributed by atoms with Crippen LogP contribution in [0, 0.1) is 0 Å². The Morgan fingerprint density at radius 3 is 2.35 bits per heavy atom. The predicted octanol–water partition coefficient (Wildman–Crippen LogP) is 4.02. The average Bonchev–Trinajstić information content (AvgIpc) is 2.50. The van der Waals surface area contributed by atoms with E-state index in [4.69, 9.17) is 0 Å². The van der Waals surface area contributed by atoms with Gasteiger partial charge in [0, 0.05) is 17.6 Å². The summed E-state index contributed by atoms with van der Waals surface area (Å²) >= 11 is 4.57. The summed E-state index contributed by atoms with van der Waals surface area (Å²) in [6, 6.07) is 8.81. The number of rotatable bonds is 8. The Morgan fingerprint density at radius 2 is 1.80 bits per heavy atom. The fourth-order valence-corrected chi connectivity index (χ4v) is 2.48. The largest absolute Gasteiger partial charge is 0.391 e. The number of hydrogen-bond donors (Lipinski definition) is 3. The highest BCUT2D eigenvalue weighted by atomic mass is 32.1. The molecular weight excluding hydrogens is 264 g/mol.